The van der Waals surface area contributed by atoms with Crippen LogP contribution in [0, 0.1) is 0 Å². The maximum atomic E-state index is 12.2. The van der Waals surface area contributed by atoms with Gasteiger partial charge in [0.2, 0.25) is 0 Å². The molecule has 0 aliphatic heterocycles. The smallest absolute Gasteiger partial charge is 0.336 e. The molecule has 1 saturated carbocycles. The monoisotopic (exact) mass is 349 g/mol. The number of amides is 2. The first-order chi connectivity index (χ1) is 11.6. The molecule has 2 N–H and O–H groups in total. The molecule has 0 unspecified atom stereocenters. The molecule has 130 valence electrons. The van der Waals surface area contributed by atoms with Gasteiger partial charge in [-0.25, -0.2) is 14.3 Å². The number of nitrogens with one attached hydrogen (secondary N) is 2. The number of rotatable bonds is 5. The predicted octanol–water partition coefficient (Wildman–Crippen LogP) is 1.94. The minimum absolute atomic E-state index is 0.163. The van der Waals surface area contributed by atoms with Crippen LogP contribution >= 0.6 is 11.3 Å². The Labute approximate surface area is 144 Å². The number of urea groups is 1. The number of aromatic nitrogens is 3. The molecule has 1 aliphatic rings. The molecule has 0 radical (unpaired) electrons. The van der Waals surface area contributed by atoms with Crippen molar-refractivity contribution < 1.29 is 4.79 Å². The van der Waals surface area contributed by atoms with Crippen LogP contribution in [0.2, 0.25) is 0 Å². The lowest BCUT2D eigenvalue weighted by Crippen LogP contribution is -2.44. The summed E-state index contributed by atoms with van der Waals surface area (Å²) in [7, 11) is 1.71. The fourth-order valence-corrected chi connectivity index (χ4v) is 3.76. The zero-order valence-electron chi connectivity index (χ0n) is 13.8. The standard InChI is InChI=1S/C16H23N5O2S/c1-20-14(13-8-5-11-24-13)19-21(16(20)23)10-9-17-15(22)18-12-6-3-2-4-7-12/h5,8,11-12H,2-4,6-7,9-10H2,1H3,(H2,17,18,22). The summed E-state index contributed by atoms with van der Waals surface area (Å²) in [4.78, 5) is 25.1. The predicted molar refractivity (Wildman–Crippen MR) is 94.2 cm³/mol. The van der Waals surface area contributed by atoms with Gasteiger partial charge in [-0.15, -0.1) is 16.4 Å². The summed E-state index contributed by atoms with van der Waals surface area (Å²) in [5, 5.41) is 12.1. The van der Waals surface area contributed by atoms with E-state index in [1.807, 2.05) is 17.5 Å². The molecule has 0 saturated heterocycles. The molecule has 0 bridgehead atoms. The third-order valence-corrected chi connectivity index (χ3v) is 5.20. The number of hydrogen-bond donors (Lipinski definition) is 2. The minimum atomic E-state index is -0.173. The first-order valence-corrected chi connectivity index (χ1v) is 9.25. The Hall–Kier alpha value is -2.09. The molecule has 8 heteroatoms. The molecule has 24 heavy (non-hydrogen) atoms. The van der Waals surface area contributed by atoms with Crippen LogP contribution in [0.3, 0.4) is 0 Å². The molecule has 2 amide bonds. The van der Waals surface area contributed by atoms with Gasteiger partial charge in [0.05, 0.1) is 11.4 Å². The van der Waals surface area contributed by atoms with Crippen LogP contribution in [0.1, 0.15) is 32.1 Å². The van der Waals surface area contributed by atoms with Crippen molar-refractivity contribution in [2.75, 3.05) is 6.54 Å². The summed E-state index contributed by atoms with van der Waals surface area (Å²) in [6.45, 7) is 0.732. The largest absolute Gasteiger partial charge is 0.346 e. The van der Waals surface area contributed by atoms with Gasteiger partial charge >= 0.3 is 11.7 Å². The summed E-state index contributed by atoms with van der Waals surface area (Å²) in [5.74, 6) is 0.654. The molecule has 0 atom stereocenters. The maximum absolute atomic E-state index is 12.2. The van der Waals surface area contributed by atoms with Crippen molar-refractivity contribution in [2.45, 2.75) is 44.7 Å². The Bertz CT molecular complexity index is 728. The summed E-state index contributed by atoms with van der Waals surface area (Å²) in [6, 6.07) is 3.99. The van der Waals surface area contributed by atoms with Crippen LogP contribution in [0.15, 0.2) is 22.3 Å². The van der Waals surface area contributed by atoms with Crippen LogP contribution in [0.25, 0.3) is 10.7 Å². The highest BCUT2D eigenvalue weighted by Crippen LogP contribution is 2.20. The zero-order valence-corrected chi connectivity index (χ0v) is 14.6. The van der Waals surface area contributed by atoms with E-state index in [0.717, 1.165) is 17.7 Å². The highest BCUT2D eigenvalue weighted by Gasteiger charge is 2.16. The van der Waals surface area contributed by atoms with Crippen LogP contribution in [-0.4, -0.2) is 33.0 Å². The highest BCUT2D eigenvalue weighted by molar-refractivity contribution is 7.13. The molecular formula is C16H23N5O2S. The Morgan fingerprint density at radius 3 is 2.88 bits per heavy atom. The lowest BCUT2D eigenvalue weighted by molar-refractivity contribution is 0.232. The SMILES string of the molecule is Cn1c(-c2cccs2)nn(CCNC(=O)NC2CCCCC2)c1=O. The molecule has 2 aromatic heterocycles. The van der Waals surface area contributed by atoms with E-state index >= 15 is 0 Å². The van der Waals surface area contributed by atoms with Gasteiger partial charge in [0.1, 0.15) is 0 Å². The number of carbonyl (C=O) groups is 1. The zero-order chi connectivity index (χ0) is 16.9. The van der Waals surface area contributed by atoms with Crippen molar-refractivity contribution in [3.05, 3.63) is 28.0 Å². The van der Waals surface area contributed by atoms with Crippen LogP contribution in [0.4, 0.5) is 4.79 Å². The molecule has 0 aromatic carbocycles. The van der Waals surface area contributed by atoms with E-state index in [9.17, 15) is 9.59 Å². The van der Waals surface area contributed by atoms with Crippen LogP contribution in [-0.2, 0) is 13.6 Å². The van der Waals surface area contributed by atoms with E-state index in [1.165, 1.54) is 28.5 Å². The second-order valence-corrected chi connectivity index (χ2v) is 7.05. The lowest BCUT2D eigenvalue weighted by atomic mass is 9.96. The van der Waals surface area contributed by atoms with E-state index in [4.69, 9.17) is 0 Å². The average Bonchev–Trinajstić information content (AvgIpc) is 3.20. The summed E-state index contributed by atoms with van der Waals surface area (Å²) in [6.07, 6.45) is 5.73. The number of hydrogen-bond acceptors (Lipinski definition) is 4. The second kappa shape index (κ2) is 7.65. The van der Waals surface area contributed by atoms with Crippen molar-refractivity contribution in [1.29, 1.82) is 0 Å². The summed E-state index contributed by atoms with van der Waals surface area (Å²) >= 11 is 1.55. The van der Waals surface area contributed by atoms with Gasteiger partial charge in [-0.05, 0) is 24.3 Å². The van der Waals surface area contributed by atoms with Crippen molar-refractivity contribution in [2.24, 2.45) is 7.05 Å². The summed E-state index contributed by atoms with van der Waals surface area (Å²) < 4.78 is 2.93. The Balaban J connectivity index is 1.52. The quantitative estimate of drug-likeness (QED) is 0.866. The van der Waals surface area contributed by atoms with Gasteiger partial charge < -0.3 is 10.6 Å². The fraction of sp³-hybridized carbons (Fsp3) is 0.562. The molecule has 2 heterocycles. The van der Waals surface area contributed by atoms with E-state index in [0.29, 0.717) is 18.9 Å². The average molecular weight is 349 g/mol. The molecule has 3 rings (SSSR count). The Morgan fingerprint density at radius 1 is 1.38 bits per heavy atom. The lowest BCUT2D eigenvalue weighted by Gasteiger charge is -2.22. The Morgan fingerprint density at radius 2 is 2.17 bits per heavy atom. The van der Waals surface area contributed by atoms with E-state index in [2.05, 4.69) is 15.7 Å². The third-order valence-electron chi connectivity index (χ3n) is 4.33. The molecule has 2 aromatic rings. The minimum Gasteiger partial charge on any atom is -0.336 e. The highest BCUT2D eigenvalue weighted by atomic mass is 32.1. The van der Waals surface area contributed by atoms with Crippen molar-refractivity contribution in [1.82, 2.24) is 25.0 Å². The molecule has 1 aliphatic carbocycles. The van der Waals surface area contributed by atoms with Crippen LogP contribution in [0.5, 0.6) is 0 Å². The summed E-state index contributed by atoms with van der Waals surface area (Å²) in [5.41, 5.74) is -0.173. The van der Waals surface area contributed by atoms with Crippen molar-refractivity contribution >= 4 is 17.4 Å². The first-order valence-electron chi connectivity index (χ1n) is 8.37. The number of carbonyl (C=O) groups excluding carboxylic acids is 1. The molecule has 1 fully saturated rings. The van der Waals surface area contributed by atoms with Gasteiger partial charge in [0.15, 0.2) is 5.82 Å². The van der Waals surface area contributed by atoms with Gasteiger partial charge in [0.25, 0.3) is 0 Å². The number of thiophene rings is 1. The van der Waals surface area contributed by atoms with E-state index in [1.54, 1.807) is 18.4 Å². The van der Waals surface area contributed by atoms with Gasteiger partial charge in [0, 0.05) is 19.6 Å². The Kier molecular flexibility index (Phi) is 5.34. The van der Waals surface area contributed by atoms with Gasteiger partial charge in [-0.3, -0.25) is 4.57 Å². The second-order valence-electron chi connectivity index (χ2n) is 6.10. The molecule has 7 nitrogen and oxygen atoms in total. The normalized spacial score (nSPS) is 15.4. The van der Waals surface area contributed by atoms with Crippen molar-refractivity contribution in [3.63, 3.8) is 0 Å². The van der Waals surface area contributed by atoms with Gasteiger partial charge in [-0.2, -0.15) is 0 Å². The molecule has 0 spiro atoms. The molecular weight excluding hydrogens is 326 g/mol. The first kappa shape index (κ1) is 16.8. The number of nitrogens with zero attached hydrogens (tertiary/aromatic N) is 3. The van der Waals surface area contributed by atoms with E-state index < -0.39 is 0 Å². The van der Waals surface area contributed by atoms with Gasteiger partial charge in [-0.1, -0.05) is 25.3 Å². The maximum Gasteiger partial charge on any atom is 0.346 e. The third kappa shape index (κ3) is 3.87. The van der Waals surface area contributed by atoms with Crippen LogP contribution < -0.4 is 16.3 Å². The fourth-order valence-electron chi connectivity index (χ4n) is 3.01. The van der Waals surface area contributed by atoms with E-state index in [-0.39, 0.29) is 17.8 Å². The topological polar surface area (TPSA) is 81.0 Å². The van der Waals surface area contributed by atoms with Crippen molar-refractivity contribution in [3.8, 4) is 10.7 Å².